The average Bonchev–Trinajstić information content (AvgIpc) is 3.20. The van der Waals surface area contributed by atoms with Crippen molar-refractivity contribution in [2.75, 3.05) is 26.8 Å². The van der Waals surface area contributed by atoms with Crippen LogP contribution in [-0.2, 0) is 19.1 Å². The third-order valence-corrected chi connectivity index (χ3v) is 7.17. The molecule has 190 valence electrons. The summed E-state index contributed by atoms with van der Waals surface area (Å²) in [5.41, 5.74) is 1.49. The van der Waals surface area contributed by atoms with Crippen LogP contribution < -0.4 is 10.6 Å². The fourth-order valence-corrected chi connectivity index (χ4v) is 5.00. The minimum Gasteiger partial charge on any atom is -0.385 e. The summed E-state index contributed by atoms with van der Waals surface area (Å²) in [6.45, 7) is 5.76. The maximum atomic E-state index is 12.9. The zero-order valence-corrected chi connectivity index (χ0v) is 21.5. The molecule has 0 spiro atoms. The van der Waals surface area contributed by atoms with Crippen LogP contribution in [0.1, 0.15) is 57.9 Å². The second kappa shape index (κ2) is 13.4. The molecule has 0 saturated heterocycles. The molecule has 3 amide bonds. The van der Waals surface area contributed by atoms with Crippen LogP contribution >= 0.6 is 11.8 Å². The highest BCUT2D eigenvalue weighted by molar-refractivity contribution is 8.15. The van der Waals surface area contributed by atoms with Gasteiger partial charge in [0.05, 0.1) is 10.9 Å². The maximum absolute atomic E-state index is 12.9. The fourth-order valence-electron chi connectivity index (χ4n) is 3.91. The van der Waals surface area contributed by atoms with Gasteiger partial charge in [0.1, 0.15) is 11.9 Å². The summed E-state index contributed by atoms with van der Waals surface area (Å²) in [4.78, 5) is 49.1. The number of unbranched alkanes of at least 4 members (excludes halogenated alkanes) is 1. The molecule has 2 heterocycles. The summed E-state index contributed by atoms with van der Waals surface area (Å²) in [6, 6.07) is 6.91. The minimum absolute atomic E-state index is 0.0778. The lowest BCUT2D eigenvalue weighted by molar-refractivity contribution is -0.122. The average molecular weight is 502 g/mol. The van der Waals surface area contributed by atoms with Gasteiger partial charge in [-0.1, -0.05) is 44.2 Å². The first-order chi connectivity index (χ1) is 17.0. The van der Waals surface area contributed by atoms with Crippen LogP contribution in [0, 0.1) is 0 Å². The van der Waals surface area contributed by atoms with Gasteiger partial charge in [-0.3, -0.25) is 19.3 Å². The van der Waals surface area contributed by atoms with Crippen molar-refractivity contribution >= 4 is 46.2 Å². The van der Waals surface area contributed by atoms with Gasteiger partial charge in [-0.2, -0.15) is 4.99 Å². The van der Waals surface area contributed by atoms with Gasteiger partial charge in [0.15, 0.2) is 5.17 Å². The summed E-state index contributed by atoms with van der Waals surface area (Å²) in [6.07, 6.45) is 3.80. The Morgan fingerprint density at radius 1 is 1.14 bits per heavy atom. The Bertz CT molecular complexity index is 980. The quantitative estimate of drug-likeness (QED) is 0.402. The van der Waals surface area contributed by atoms with Crippen molar-refractivity contribution < 1.29 is 19.1 Å². The van der Waals surface area contributed by atoms with Crippen LogP contribution in [-0.4, -0.2) is 71.7 Å². The van der Waals surface area contributed by atoms with Crippen LogP contribution in [0.2, 0.25) is 0 Å². The molecule has 0 fully saturated rings. The lowest BCUT2D eigenvalue weighted by Crippen LogP contribution is -2.45. The van der Waals surface area contributed by atoms with Gasteiger partial charge in [0.25, 0.3) is 5.91 Å². The number of thioether (sulfide) groups is 1. The second-order valence-electron chi connectivity index (χ2n) is 8.47. The van der Waals surface area contributed by atoms with Crippen molar-refractivity contribution in [3.8, 4) is 0 Å². The number of amidine groups is 2. The Morgan fingerprint density at radius 2 is 1.91 bits per heavy atom. The predicted octanol–water partition coefficient (Wildman–Crippen LogP) is 3.01. The topological polar surface area (TPSA) is 112 Å². The Hall–Kier alpha value is -2.72. The highest BCUT2D eigenvalue weighted by atomic mass is 32.2. The van der Waals surface area contributed by atoms with Gasteiger partial charge in [0.2, 0.25) is 11.8 Å². The molecule has 35 heavy (non-hydrogen) atoms. The lowest BCUT2D eigenvalue weighted by atomic mass is 10.1. The molecule has 9 nitrogen and oxygen atoms in total. The van der Waals surface area contributed by atoms with E-state index in [-0.39, 0.29) is 29.4 Å². The molecule has 0 saturated carbocycles. The molecule has 0 aliphatic carbocycles. The first-order valence-corrected chi connectivity index (χ1v) is 13.2. The van der Waals surface area contributed by atoms with Crippen LogP contribution in [0.25, 0.3) is 0 Å². The van der Waals surface area contributed by atoms with E-state index in [1.807, 2.05) is 36.1 Å². The van der Waals surface area contributed by atoms with Crippen LogP contribution in [0.15, 0.2) is 34.3 Å². The third kappa shape index (κ3) is 6.91. The van der Waals surface area contributed by atoms with Gasteiger partial charge < -0.3 is 15.4 Å². The molecule has 0 bridgehead atoms. The third-order valence-electron chi connectivity index (χ3n) is 5.84. The van der Waals surface area contributed by atoms with E-state index < -0.39 is 6.04 Å². The minimum atomic E-state index is -0.621. The molecule has 10 heteroatoms. The van der Waals surface area contributed by atoms with E-state index in [0.29, 0.717) is 49.2 Å². The van der Waals surface area contributed by atoms with Gasteiger partial charge >= 0.3 is 0 Å². The first-order valence-electron chi connectivity index (χ1n) is 12.3. The van der Waals surface area contributed by atoms with Gasteiger partial charge in [-0.15, -0.1) is 0 Å². The molecule has 2 unspecified atom stereocenters. The molecular formula is C25H35N5O4S. The van der Waals surface area contributed by atoms with Gasteiger partial charge in [0, 0.05) is 38.8 Å². The van der Waals surface area contributed by atoms with E-state index in [1.165, 1.54) is 11.8 Å². The molecule has 2 aliphatic rings. The van der Waals surface area contributed by atoms with Crippen LogP contribution in [0.5, 0.6) is 0 Å². The van der Waals surface area contributed by atoms with Crippen LogP contribution in [0.4, 0.5) is 5.69 Å². The number of fused-ring (bicyclic) bond motifs is 3. The molecule has 0 radical (unpaired) electrons. The molecule has 3 rings (SSSR count). The van der Waals surface area contributed by atoms with Crippen molar-refractivity contribution in [1.82, 2.24) is 15.5 Å². The van der Waals surface area contributed by atoms with Crippen LogP contribution in [0.3, 0.4) is 0 Å². The summed E-state index contributed by atoms with van der Waals surface area (Å²) in [5, 5.41) is 6.04. The number of methoxy groups -OCH3 is 1. The molecular weight excluding hydrogens is 466 g/mol. The van der Waals surface area contributed by atoms with Crippen molar-refractivity contribution in [3.05, 3.63) is 29.8 Å². The fraction of sp³-hybridized carbons (Fsp3) is 0.560. The number of rotatable bonds is 13. The highest BCUT2D eigenvalue weighted by Gasteiger charge is 2.42. The number of aliphatic imine (C=N–C) groups is 2. The number of para-hydroxylation sites is 1. The van der Waals surface area contributed by atoms with Crippen molar-refractivity contribution in [2.45, 2.75) is 63.7 Å². The monoisotopic (exact) mass is 501 g/mol. The molecule has 2 aliphatic heterocycles. The number of carbonyl (C=O) groups excluding carboxylic acids is 3. The second-order valence-corrected chi connectivity index (χ2v) is 9.64. The van der Waals surface area contributed by atoms with E-state index in [9.17, 15) is 14.4 Å². The zero-order chi connectivity index (χ0) is 25.2. The Morgan fingerprint density at radius 3 is 2.66 bits per heavy atom. The summed E-state index contributed by atoms with van der Waals surface area (Å²) < 4.78 is 5.05. The van der Waals surface area contributed by atoms with Gasteiger partial charge in [-0.25, -0.2) is 4.99 Å². The number of hydrogen-bond acceptors (Lipinski definition) is 7. The van der Waals surface area contributed by atoms with Gasteiger partial charge in [-0.05, 0) is 37.8 Å². The number of nitrogens with zero attached hydrogens (tertiary/aromatic N) is 3. The first kappa shape index (κ1) is 26.9. The molecule has 2 N–H and O–H groups in total. The standard InChI is InChI=1S/C25H35N5O4S/c1-4-6-14-26-21(31)13-12-19-23(32)29-22-17-10-7-8-11-18(17)28-25(30(19)22)35-20(5-2)24(33)27-15-9-16-34-3/h7-8,10-11,19-20H,4-6,9,12-16H2,1-3H3,(H,26,31)(H,27,33). The smallest absolute Gasteiger partial charge is 0.270 e. The summed E-state index contributed by atoms with van der Waals surface area (Å²) in [7, 11) is 1.63. The lowest BCUT2D eigenvalue weighted by Gasteiger charge is -2.32. The van der Waals surface area contributed by atoms with E-state index in [1.54, 1.807) is 7.11 Å². The Kier molecular flexibility index (Phi) is 10.3. The van der Waals surface area contributed by atoms with Crippen molar-refractivity contribution in [1.29, 1.82) is 0 Å². The van der Waals surface area contributed by atoms with E-state index >= 15 is 0 Å². The number of hydrogen-bond donors (Lipinski definition) is 2. The largest absolute Gasteiger partial charge is 0.385 e. The van der Waals surface area contributed by atoms with Crippen molar-refractivity contribution in [2.24, 2.45) is 9.98 Å². The van der Waals surface area contributed by atoms with E-state index in [0.717, 1.165) is 24.8 Å². The van der Waals surface area contributed by atoms with E-state index in [2.05, 4.69) is 22.5 Å². The normalized spacial score (nSPS) is 17.3. The zero-order valence-electron chi connectivity index (χ0n) is 20.7. The number of benzene rings is 1. The summed E-state index contributed by atoms with van der Waals surface area (Å²) >= 11 is 1.33. The number of carbonyl (C=O) groups is 3. The number of nitrogens with one attached hydrogen (secondary N) is 2. The molecule has 1 aromatic carbocycles. The van der Waals surface area contributed by atoms with Crippen molar-refractivity contribution in [3.63, 3.8) is 0 Å². The predicted molar refractivity (Wildman–Crippen MR) is 139 cm³/mol. The molecule has 0 aromatic heterocycles. The summed E-state index contributed by atoms with van der Waals surface area (Å²) in [5.74, 6) is 0.0921. The maximum Gasteiger partial charge on any atom is 0.270 e. The Labute approximate surface area is 211 Å². The van der Waals surface area contributed by atoms with E-state index in [4.69, 9.17) is 9.73 Å². The Balaban J connectivity index is 1.77. The highest BCUT2D eigenvalue weighted by Crippen LogP contribution is 2.36. The molecule has 2 atom stereocenters. The SMILES string of the molecule is CCCCNC(=O)CCC1C(=O)N=C2c3ccccc3N=C(SC(CC)C(=O)NCCCOC)N21. The molecule has 1 aromatic rings. The number of amides is 3. The number of ether oxygens (including phenoxy) is 1.